The van der Waals surface area contributed by atoms with Crippen LogP contribution < -0.4 is 14.5 Å². The van der Waals surface area contributed by atoms with Gasteiger partial charge in [0.15, 0.2) is 6.29 Å². The number of aromatic nitrogens is 2. The minimum atomic E-state index is -0.393. The van der Waals surface area contributed by atoms with Crippen LogP contribution in [0.4, 0.5) is 11.4 Å². The molecule has 0 spiro atoms. The molecule has 262 valence electrons. The zero-order valence-corrected chi connectivity index (χ0v) is 30.4. The summed E-state index contributed by atoms with van der Waals surface area (Å²) in [6.45, 7) is 9.70. The van der Waals surface area contributed by atoms with Crippen LogP contribution in [0.15, 0.2) is 60.7 Å². The number of benzene rings is 4. The molecule has 2 heterocycles. The van der Waals surface area contributed by atoms with Crippen molar-refractivity contribution in [2.24, 2.45) is 7.05 Å². The Kier molecular flexibility index (Phi) is 11.3. The van der Waals surface area contributed by atoms with Gasteiger partial charge in [0.25, 0.3) is 0 Å². The van der Waals surface area contributed by atoms with Crippen LogP contribution in [-0.4, -0.2) is 55.1 Å². The number of aryl methyl sites for hydroxylation is 4. The number of anilines is 2. The first-order chi connectivity index (χ1) is 23.5. The van der Waals surface area contributed by atoms with Gasteiger partial charge in [0.1, 0.15) is 12.0 Å². The van der Waals surface area contributed by atoms with Gasteiger partial charge in [-0.3, -0.25) is 9.48 Å². The Morgan fingerprint density at radius 3 is 2.30 bits per heavy atom. The Bertz CT molecular complexity index is 2030. The highest BCUT2D eigenvalue weighted by Crippen LogP contribution is 2.51. The predicted molar refractivity (Wildman–Crippen MR) is 208 cm³/mol. The maximum atomic E-state index is 13.1. The van der Waals surface area contributed by atoms with E-state index in [1.807, 2.05) is 94.1 Å². The molecule has 7 nitrogen and oxygen atoms in total. The molecule has 0 bridgehead atoms. The fourth-order valence-electron chi connectivity index (χ4n) is 7.50. The molecule has 0 N–H and O–H groups in total. The molecule has 1 aromatic heterocycles. The summed E-state index contributed by atoms with van der Waals surface area (Å²) in [5.74, 6) is 0.744. The standard InChI is InChI=1S/C40H42Cl2N4O3.CH4/c1-24-20-30(21-25(2)39(24)42)49-19-9-13-31-32-15-16-33(41)38(36-26(3)43-45(6)27(36)4)40(32)46(35(31)23-48)18-17-44(5)34-14-8-11-28-10-7-12-29(22-47)37(28)34;/h7-8,10-12,14-16,20-23,31,35H,9,13,17-19H2,1-6H3;1H4. The maximum absolute atomic E-state index is 13.1. The lowest BCUT2D eigenvalue weighted by Gasteiger charge is -2.31. The molecule has 2 atom stereocenters. The molecule has 0 aliphatic carbocycles. The van der Waals surface area contributed by atoms with E-state index in [9.17, 15) is 9.59 Å². The normalized spacial score (nSPS) is 15.2. The van der Waals surface area contributed by atoms with E-state index < -0.39 is 6.04 Å². The summed E-state index contributed by atoms with van der Waals surface area (Å²) in [7, 11) is 3.97. The van der Waals surface area contributed by atoms with Crippen molar-refractivity contribution in [2.75, 3.05) is 36.5 Å². The van der Waals surface area contributed by atoms with E-state index in [1.165, 1.54) is 0 Å². The van der Waals surface area contributed by atoms with E-state index in [1.54, 1.807) is 0 Å². The molecule has 1 aliphatic rings. The number of carbonyl (C=O) groups is 2. The topological polar surface area (TPSA) is 67.7 Å². The Labute approximate surface area is 305 Å². The van der Waals surface area contributed by atoms with Crippen molar-refractivity contribution in [3.63, 3.8) is 0 Å². The summed E-state index contributed by atoms with van der Waals surface area (Å²) >= 11 is 13.4. The summed E-state index contributed by atoms with van der Waals surface area (Å²) in [4.78, 5) is 29.5. The van der Waals surface area contributed by atoms with E-state index in [-0.39, 0.29) is 13.3 Å². The molecule has 0 fully saturated rings. The highest BCUT2D eigenvalue weighted by atomic mass is 35.5. The Morgan fingerprint density at radius 2 is 1.66 bits per heavy atom. The smallest absolute Gasteiger partial charge is 0.150 e. The second-order valence-electron chi connectivity index (χ2n) is 13.1. The van der Waals surface area contributed by atoms with Crippen LogP contribution in [0.1, 0.15) is 64.6 Å². The van der Waals surface area contributed by atoms with Crippen molar-refractivity contribution in [2.45, 2.75) is 59.9 Å². The minimum Gasteiger partial charge on any atom is -0.494 e. The third-order valence-electron chi connectivity index (χ3n) is 9.98. The number of hydrogen-bond donors (Lipinski definition) is 0. The van der Waals surface area contributed by atoms with Crippen LogP contribution in [0.2, 0.25) is 10.0 Å². The van der Waals surface area contributed by atoms with E-state index in [0.29, 0.717) is 30.3 Å². The van der Waals surface area contributed by atoms with Gasteiger partial charge in [0.05, 0.1) is 29.1 Å². The number of rotatable bonds is 12. The van der Waals surface area contributed by atoms with E-state index >= 15 is 0 Å². The van der Waals surface area contributed by atoms with E-state index in [0.717, 1.165) is 97.5 Å². The lowest BCUT2D eigenvalue weighted by Crippen LogP contribution is -2.40. The lowest BCUT2D eigenvalue weighted by atomic mass is 9.89. The molecule has 5 aromatic rings. The first kappa shape index (κ1) is 36.9. The van der Waals surface area contributed by atoms with Crippen molar-refractivity contribution < 1.29 is 14.3 Å². The minimum absolute atomic E-state index is 0. The highest BCUT2D eigenvalue weighted by molar-refractivity contribution is 6.34. The maximum Gasteiger partial charge on any atom is 0.150 e. The van der Waals surface area contributed by atoms with Gasteiger partial charge < -0.3 is 19.3 Å². The van der Waals surface area contributed by atoms with E-state index in [2.05, 4.69) is 22.8 Å². The number of likely N-dealkylation sites (N-methyl/N-ethyl adjacent to an activating group) is 1. The van der Waals surface area contributed by atoms with Crippen LogP contribution in [0, 0.1) is 27.7 Å². The van der Waals surface area contributed by atoms with Crippen molar-refractivity contribution in [1.29, 1.82) is 0 Å². The molecule has 1 aliphatic heterocycles. The van der Waals surface area contributed by atoms with Gasteiger partial charge in [0.2, 0.25) is 0 Å². The zero-order chi connectivity index (χ0) is 35.0. The molecular formula is C41H46Cl2N4O3. The fourth-order valence-corrected chi connectivity index (χ4v) is 7.85. The zero-order valence-electron chi connectivity index (χ0n) is 28.9. The van der Waals surface area contributed by atoms with E-state index in [4.69, 9.17) is 33.0 Å². The summed E-state index contributed by atoms with van der Waals surface area (Å²) in [5, 5.41) is 8.03. The molecule has 2 unspecified atom stereocenters. The van der Waals surface area contributed by atoms with Crippen molar-refractivity contribution in [3.8, 4) is 16.9 Å². The summed E-state index contributed by atoms with van der Waals surface area (Å²) in [5.41, 5.74) is 9.48. The van der Waals surface area contributed by atoms with Gasteiger partial charge in [0, 0.05) is 71.6 Å². The monoisotopic (exact) mass is 712 g/mol. The molecule has 9 heteroatoms. The molecule has 0 amide bonds. The first-order valence-corrected chi connectivity index (χ1v) is 17.4. The van der Waals surface area contributed by atoms with Gasteiger partial charge in [-0.2, -0.15) is 5.10 Å². The van der Waals surface area contributed by atoms with Crippen LogP contribution in [0.5, 0.6) is 5.75 Å². The van der Waals surface area contributed by atoms with Crippen LogP contribution >= 0.6 is 23.2 Å². The molecular weight excluding hydrogens is 667 g/mol. The van der Waals surface area contributed by atoms with Gasteiger partial charge >= 0.3 is 0 Å². The molecule has 0 saturated carbocycles. The average Bonchev–Trinajstić information content (AvgIpc) is 3.53. The molecule has 4 aromatic carbocycles. The number of ether oxygens (including phenoxy) is 1. The first-order valence-electron chi connectivity index (χ1n) is 16.7. The quantitative estimate of drug-likeness (QED) is 0.0948. The van der Waals surface area contributed by atoms with Gasteiger partial charge in [-0.15, -0.1) is 0 Å². The second kappa shape index (κ2) is 15.3. The third kappa shape index (κ3) is 6.73. The number of fused-ring (bicyclic) bond motifs is 2. The van der Waals surface area contributed by atoms with Gasteiger partial charge in [-0.25, -0.2) is 0 Å². The molecule has 0 saturated heterocycles. The van der Waals surface area contributed by atoms with Crippen LogP contribution in [-0.2, 0) is 11.8 Å². The number of hydrogen-bond acceptors (Lipinski definition) is 6. The number of aldehydes is 2. The SMILES string of the molecule is C.Cc1cc(OCCCC2c3ccc(Cl)c(-c4c(C)nn(C)c4C)c3N(CCN(C)c3cccc4cccc(C=O)c34)C2C=O)cc(C)c1Cl. The number of halogens is 2. The molecule has 50 heavy (non-hydrogen) atoms. The van der Waals surface area contributed by atoms with Crippen molar-refractivity contribution in [1.82, 2.24) is 9.78 Å². The highest BCUT2D eigenvalue weighted by Gasteiger charge is 2.41. The van der Waals surface area contributed by atoms with Gasteiger partial charge in [-0.05, 0) is 86.9 Å². The Hall–Kier alpha value is -4.33. The molecule has 0 radical (unpaired) electrons. The predicted octanol–water partition coefficient (Wildman–Crippen LogP) is 9.70. The molecule has 6 rings (SSSR count). The van der Waals surface area contributed by atoms with Gasteiger partial charge in [-0.1, -0.05) is 67.0 Å². The van der Waals surface area contributed by atoms with Crippen LogP contribution in [0.25, 0.3) is 21.9 Å². The van der Waals surface area contributed by atoms with Crippen molar-refractivity contribution >= 4 is 57.9 Å². The van der Waals surface area contributed by atoms with Crippen molar-refractivity contribution in [3.05, 3.63) is 104 Å². The average molecular weight is 714 g/mol. The lowest BCUT2D eigenvalue weighted by molar-refractivity contribution is -0.109. The summed E-state index contributed by atoms with van der Waals surface area (Å²) in [6.07, 6.45) is 3.51. The van der Waals surface area contributed by atoms with Crippen LogP contribution in [0.3, 0.4) is 0 Å². The fraction of sp³-hybridized carbons (Fsp3) is 0.341. The number of nitrogens with zero attached hydrogens (tertiary/aromatic N) is 4. The Balaban J connectivity index is 0.00000486. The Morgan fingerprint density at radius 1 is 0.960 bits per heavy atom. The number of carbonyl (C=O) groups excluding carboxylic acids is 2. The third-order valence-corrected chi connectivity index (χ3v) is 10.9. The summed E-state index contributed by atoms with van der Waals surface area (Å²) in [6, 6.07) is 19.4. The summed E-state index contributed by atoms with van der Waals surface area (Å²) < 4.78 is 8.05. The largest absolute Gasteiger partial charge is 0.494 e. The second-order valence-corrected chi connectivity index (χ2v) is 13.9.